The fourth-order valence-electron chi connectivity index (χ4n) is 2.58. The number of nitrogens with zero attached hydrogens (tertiary/aromatic N) is 1. The number of aliphatic hydroxyl groups is 1. The molecule has 0 aliphatic carbocycles. The molecule has 2 unspecified atom stereocenters. The highest BCUT2D eigenvalue weighted by molar-refractivity contribution is 5.82. The van der Waals surface area contributed by atoms with Gasteiger partial charge in [-0.25, -0.2) is 0 Å². The number of aromatic nitrogens is 1. The maximum Gasteiger partial charge on any atom is 0.253 e. The lowest BCUT2D eigenvalue weighted by atomic mass is 10.0. The maximum atomic E-state index is 12.4. The Hall–Kier alpha value is -2.34. The predicted octanol–water partition coefficient (Wildman–Crippen LogP) is 2.60. The van der Waals surface area contributed by atoms with Crippen molar-refractivity contribution in [2.75, 3.05) is 7.11 Å². The van der Waals surface area contributed by atoms with Crippen LogP contribution in [-0.2, 0) is 4.79 Å². The molecule has 1 heterocycles. The summed E-state index contributed by atoms with van der Waals surface area (Å²) < 4.78 is 10.3. The van der Waals surface area contributed by atoms with Crippen LogP contribution < -0.4 is 10.1 Å². The maximum absolute atomic E-state index is 12.4. The second-order valence-corrected chi connectivity index (χ2v) is 5.39. The molecule has 6 nitrogen and oxygen atoms in total. The van der Waals surface area contributed by atoms with Gasteiger partial charge < -0.3 is 19.7 Å². The molecule has 2 rings (SSSR count). The normalized spacial score (nSPS) is 13.4. The third-order valence-electron chi connectivity index (χ3n) is 3.82. The Balaban J connectivity index is 2.16. The number of benzene rings is 1. The smallest absolute Gasteiger partial charge is 0.253 e. The summed E-state index contributed by atoms with van der Waals surface area (Å²) >= 11 is 0. The number of nitrogens with one attached hydrogen (secondary N) is 1. The predicted molar refractivity (Wildman–Crippen MR) is 85.1 cm³/mol. The second kappa shape index (κ2) is 7.28. The van der Waals surface area contributed by atoms with Crippen LogP contribution in [0.5, 0.6) is 5.75 Å². The van der Waals surface area contributed by atoms with Gasteiger partial charge in [0, 0.05) is 5.56 Å². The third kappa shape index (κ3) is 3.71. The first-order valence-corrected chi connectivity index (χ1v) is 7.53. The summed E-state index contributed by atoms with van der Waals surface area (Å²) in [5.41, 5.74) is 2.08. The van der Waals surface area contributed by atoms with Crippen LogP contribution in [0.4, 0.5) is 0 Å². The largest absolute Gasteiger partial charge is 0.497 e. The van der Waals surface area contributed by atoms with Crippen molar-refractivity contribution in [1.82, 2.24) is 10.5 Å². The average Bonchev–Trinajstić information content (AvgIpc) is 2.90. The molecule has 124 valence electrons. The van der Waals surface area contributed by atoms with Gasteiger partial charge in [0.15, 0.2) is 6.10 Å². The molecule has 1 aromatic heterocycles. The molecule has 2 atom stereocenters. The molecular weight excluding hydrogens is 296 g/mol. The number of ether oxygens (including phenoxy) is 1. The molecule has 0 saturated heterocycles. The van der Waals surface area contributed by atoms with E-state index < -0.39 is 12.0 Å². The Bertz CT molecular complexity index is 661. The van der Waals surface area contributed by atoms with Gasteiger partial charge in [0.05, 0.1) is 18.8 Å². The van der Waals surface area contributed by atoms with Gasteiger partial charge in [-0.1, -0.05) is 24.2 Å². The summed E-state index contributed by atoms with van der Waals surface area (Å²) in [5.74, 6) is 0.794. The lowest BCUT2D eigenvalue weighted by molar-refractivity contribution is -0.130. The second-order valence-electron chi connectivity index (χ2n) is 5.39. The standard InChI is InChI=1S/C17H22N2O4/c1-5-14(15-10(2)19-23-11(15)3)18-17(21)16(20)12-7-6-8-13(9-12)22-4/h6-9,14,16,20H,5H2,1-4H3,(H,18,21). The number of hydrogen-bond acceptors (Lipinski definition) is 5. The molecule has 0 aliphatic heterocycles. The van der Waals surface area contributed by atoms with Crippen LogP contribution >= 0.6 is 0 Å². The van der Waals surface area contributed by atoms with E-state index in [9.17, 15) is 9.90 Å². The van der Waals surface area contributed by atoms with Crippen molar-refractivity contribution >= 4 is 5.91 Å². The molecule has 0 fully saturated rings. The number of aliphatic hydroxyl groups excluding tert-OH is 1. The van der Waals surface area contributed by atoms with Crippen LogP contribution in [0.1, 0.15) is 48.1 Å². The number of hydrogen-bond donors (Lipinski definition) is 2. The summed E-state index contributed by atoms with van der Waals surface area (Å²) in [6.07, 6.45) is -0.598. The van der Waals surface area contributed by atoms with Crippen molar-refractivity contribution in [2.24, 2.45) is 0 Å². The number of methoxy groups -OCH3 is 1. The zero-order valence-corrected chi connectivity index (χ0v) is 13.8. The van der Waals surface area contributed by atoms with Crippen molar-refractivity contribution in [3.8, 4) is 5.75 Å². The number of rotatable bonds is 6. The van der Waals surface area contributed by atoms with E-state index in [4.69, 9.17) is 9.26 Å². The van der Waals surface area contributed by atoms with Crippen molar-refractivity contribution < 1.29 is 19.2 Å². The molecule has 2 N–H and O–H groups in total. The summed E-state index contributed by atoms with van der Waals surface area (Å²) in [5, 5.41) is 17.1. The zero-order valence-electron chi connectivity index (χ0n) is 13.8. The highest BCUT2D eigenvalue weighted by atomic mass is 16.5. The molecule has 2 aromatic rings. The van der Waals surface area contributed by atoms with Gasteiger partial charge in [-0.3, -0.25) is 4.79 Å². The molecule has 6 heteroatoms. The highest BCUT2D eigenvalue weighted by Crippen LogP contribution is 2.25. The van der Waals surface area contributed by atoms with Crippen LogP contribution in [0.15, 0.2) is 28.8 Å². The molecule has 1 amide bonds. The van der Waals surface area contributed by atoms with Gasteiger partial charge >= 0.3 is 0 Å². The van der Waals surface area contributed by atoms with Crippen LogP contribution in [0.2, 0.25) is 0 Å². The van der Waals surface area contributed by atoms with E-state index >= 15 is 0 Å². The fraction of sp³-hybridized carbons (Fsp3) is 0.412. The van der Waals surface area contributed by atoms with Crippen LogP contribution in [0.25, 0.3) is 0 Å². The van der Waals surface area contributed by atoms with Crippen molar-refractivity contribution in [1.29, 1.82) is 0 Å². The molecule has 0 aliphatic rings. The van der Waals surface area contributed by atoms with Gasteiger partial charge in [-0.2, -0.15) is 0 Å². The van der Waals surface area contributed by atoms with Crippen molar-refractivity contribution in [3.05, 3.63) is 46.8 Å². The number of aryl methyl sites for hydroxylation is 2. The van der Waals surface area contributed by atoms with E-state index in [1.807, 2.05) is 20.8 Å². The highest BCUT2D eigenvalue weighted by Gasteiger charge is 2.25. The Morgan fingerprint density at radius 2 is 2.17 bits per heavy atom. The van der Waals surface area contributed by atoms with Crippen LogP contribution in [0.3, 0.4) is 0 Å². The third-order valence-corrected chi connectivity index (χ3v) is 3.82. The van der Waals surface area contributed by atoms with E-state index in [0.717, 1.165) is 11.3 Å². The molecule has 1 aromatic carbocycles. The number of carbonyl (C=O) groups is 1. The van der Waals surface area contributed by atoms with Gasteiger partial charge in [0.25, 0.3) is 5.91 Å². The topological polar surface area (TPSA) is 84.6 Å². The van der Waals surface area contributed by atoms with E-state index in [2.05, 4.69) is 10.5 Å². The van der Waals surface area contributed by atoms with Crippen molar-refractivity contribution in [2.45, 2.75) is 39.3 Å². The lowest BCUT2D eigenvalue weighted by Gasteiger charge is -2.19. The summed E-state index contributed by atoms with van der Waals surface area (Å²) in [7, 11) is 1.54. The van der Waals surface area contributed by atoms with Gasteiger partial charge in [-0.05, 0) is 38.0 Å². The quantitative estimate of drug-likeness (QED) is 0.855. The first-order valence-electron chi connectivity index (χ1n) is 7.53. The minimum absolute atomic E-state index is 0.256. The first-order chi connectivity index (χ1) is 11.0. The van der Waals surface area contributed by atoms with Gasteiger partial charge in [0.1, 0.15) is 11.5 Å². The minimum atomic E-state index is -1.26. The molecule has 0 saturated carbocycles. The lowest BCUT2D eigenvalue weighted by Crippen LogP contribution is -2.33. The molecule has 23 heavy (non-hydrogen) atoms. The number of carbonyl (C=O) groups excluding carboxylic acids is 1. The molecule has 0 radical (unpaired) electrons. The summed E-state index contributed by atoms with van der Waals surface area (Å²) in [4.78, 5) is 12.4. The number of amides is 1. The van der Waals surface area contributed by atoms with E-state index in [0.29, 0.717) is 23.5 Å². The van der Waals surface area contributed by atoms with Gasteiger partial charge in [-0.15, -0.1) is 0 Å². The SMILES string of the molecule is CCC(NC(=O)C(O)c1cccc(OC)c1)c1c(C)noc1C. The Kier molecular flexibility index (Phi) is 5.39. The van der Waals surface area contributed by atoms with Crippen LogP contribution in [-0.4, -0.2) is 23.3 Å². The fourth-order valence-corrected chi connectivity index (χ4v) is 2.58. The van der Waals surface area contributed by atoms with E-state index in [1.54, 1.807) is 24.3 Å². The van der Waals surface area contributed by atoms with E-state index in [1.165, 1.54) is 7.11 Å². The van der Waals surface area contributed by atoms with Crippen LogP contribution in [0, 0.1) is 13.8 Å². The van der Waals surface area contributed by atoms with E-state index in [-0.39, 0.29) is 6.04 Å². The average molecular weight is 318 g/mol. The molecular formula is C17H22N2O4. The first kappa shape index (κ1) is 17.0. The van der Waals surface area contributed by atoms with Crippen molar-refractivity contribution in [3.63, 3.8) is 0 Å². The zero-order chi connectivity index (χ0) is 17.0. The Morgan fingerprint density at radius 1 is 1.43 bits per heavy atom. The summed E-state index contributed by atoms with van der Waals surface area (Å²) in [6.45, 7) is 5.59. The van der Waals surface area contributed by atoms with Gasteiger partial charge in [0.2, 0.25) is 0 Å². The molecule has 0 bridgehead atoms. The molecule has 0 spiro atoms. The summed E-state index contributed by atoms with van der Waals surface area (Å²) in [6, 6.07) is 6.56. The monoisotopic (exact) mass is 318 g/mol. The Morgan fingerprint density at radius 3 is 2.74 bits per heavy atom. The Labute approximate surface area is 135 Å². The minimum Gasteiger partial charge on any atom is -0.497 e.